The van der Waals surface area contributed by atoms with Crippen molar-refractivity contribution in [3.05, 3.63) is 110 Å². The minimum absolute atomic E-state index is 0.154. The van der Waals surface area contributed by atoms with Crippen LogP contribution < -0.4 is 9.64 Å². The van der Waals surface area contributed by atoms with Gasteiger partial charge in [0.1, 0.15) is 11.5 Å². The second-order valence-electron chi connectivity index (χ2n) is 9.16. The van der Waals surface area contributed by atoms with Crippen LogP contribution in [-0.4, -0.2) is 38.5 Å². The number of nitro groups is 1. The molecule has 0 radical (unpaired) electrons. The molecule has 1 unspecified atom stereocenters. The summed E-state index contributed by atoms with van der Waals surface area (Å²) < 4.78 is 6.16. The molecule has 1 aromatic heterocycles. The van der Waals surface area contributed by atoms with Crippen LogP contribution in [0.1, 0.15) is 36.1 Å². The molecule has 214 valence electrons. The van der Waals surface area contributed by atoms with Crippen LogP contribution in [0, 0.1) is 10.1 Å². The molecular weight excluding hydrogens is 600 g/mol. The van der Waals surface area contributed by atoms with Crippen molar-refractivity contribution >= 4 is 63.0 Å². The number of thioether (sulfide) groups is 1. The van der Waals surface area contributed by atoms with Crippen LogP contribution in [0.15, 0.2) is 82.7 Å². The van der Waals surface area contributed by atoms with Crippen LogP contribution in [0.3, 0.4) is 0 Å². The number of rotatable bonds is 10. The molecule has 1 atom stereocenters. The molecular formula is C29H23ClN4O6S2. The number of nitro benzene ring substituents is 1. The Hall–Kier alpha value is -4.26. The number of carbonyl (C=O) groups is 2. The van der Waals surface area contributed by atoms with E-state index in [9.17, 15) is 24.8 Å². The lowest BCUT2D eigenvalue weighted by atomic mass is 9.95. The van der Waals surface area contributed by atoms with Crippen LogP contribution in [-0.2, 0) is 15.3 Å². The first kappa shape index (κ1) is 29.2. The zero-order valence-corrected chi connectivity index (χ0v) is 24.5. The van der Waals surface area contributed by atoms with E-state index in [0.29, 0.717) is 38.6 Å². The number of non-ortho nitro benzene ring substituents is 1. The highest BCUT2D eigenvalue weighted by atomic mass is 35.5. The summed E-state index contributed by atoms with van der Waals surface area (Å²) in [6.07, 6.45) is 0.827. The maximum Gasteiger partial charge on any atom is 0.301 e. The Morgan fingerprint density at radius 3 is 2.40 bits per heavy atom. The summed E-state index contributed by atoms with van der Waals surface area (Å²) in [4.78, 5) is 38.7. The van der Waals surface area contributed by atoms with Crippen molar-refractivity contribution in [2.24, 2.45) is 0 Å². The minimum Gasteiger partial charge on any atom is -0.507 e. The Morgan fingerprint density at radius 1 is 1.07 bits per heavy atom. The van der Waals surface area contributed by atoms with E-state index in [1.165, 1.54) is 40.9 Å². The highest BCUT2D eigenvalue weighted by molar-refractivity contribution is 8.00. The molecule has 1 fully saturated rings. The summed E-state index contributed by atoms with van der Waals surface area (Å²) in [6, 6.07) is 18.3. The second kappa shape index (κ2) is 12.7. The van der Waals surface area contributed by atoms with Crippen molar-refractivity contribution in [2.75, 3.05) is 11.5 Å². The average molecular weight is 623 g/mol. The van der Waals surface area contributed by atoms with Crippen molar-refractivity contribution in [1.29, 1.82) is 0 Å². The van der Waals surface area contributed by atoms with Gasteiger partial charge in [0, 0.05) is 28.5 Å². The molecule has 42 heavy (non-hydrogen) atoms. The summed E-state index contributed by atoms with van der Waals surface area (Å²) in [5.41, 5.74) is 1.38. The van der Waals surface area contributed by atoms with Crippen LogP contribution in [0.5, 0.6) is 5.75 Å². The van der Waals surface area contributed by atoms with E-state index in [-0.39, 0.29) is 22.2 Å². The van der Waals surface area contributed by atoms with E-state index in [1.54, 1.807) is 36.4 Å². The fourth-order valence-electron chi connectivity index (χ4n) is 4.29. The van der Waals surface area contributed by atoms with Crippen LogP contribution in [0.25, 0.3) is 5.76 Å². The number of ether oxygens (including phenoxy) is 1. The number of carbonyl (C=O) groups excluding carboxylic acids is 2. The molecule has 3 aromatic carbocycles. The smallest absolute Gasteiger partial charge is 0.301 e. The fourth-order valence-corrected chi connectivity index (χ4v) is 6.24. The van der Waals surface area contributed by atoms with E-state index in [2.05, 4.69) is 10.2 Å². The molecule has 1 aliphatic heterocycles. The van der Waals surface area contributed by atoms with Crippen LogP contribution in [0.2, 0.25) is 5.02 Å². The lowest BCUT2D eigenvalue weighted by Gasteiger charge is -2.22. The van der Waals surface area contributed by atoms with Gasteiger partial charge in [-0.15, -0.1) is 10.2 Å². The molecule has 0 aliphatic carbocycles. The Bertz CT molecular complexity index is 1660. The highest BCUT2D eigenvalue weighted by Gasteiger charge is 2.48. The summed E-state index contributed by atoms with van der Waals surface area (Å²) in [6.45, 7) is 2.51. The molecule has 0 bridgehead atoms. The topological polar surface area (TPSA) is 136 Å². The van der Waals surface area contributed by atoms with Gasteiger partial charge in [0.05, 0.1) is 23.1 Å². The molecule has 1 aliphatic rings. The SMILES string of the molecule is CCCOc1ccc(/C(O)=C2/C(=O)C(=O)N(c3nnc(SCc4ccc(Cl)cc4)s3)C2c2ccc([N+](=O)[O-])cc2)cc1. The summed E-state index contributed by atoms with van der Waals surface area (Å²) in [5, 5.41) is 31.8. The number of Topliss-reactive ketones (excluding diaryl/α,β-unsaturated/α-hetero) is 1. The molecule has 0 saturated carbocycles. The Balaban J connectivity index is 1.52. The van der Waals surface area contributed by atoms with Gasteiger partial charge in [-0.05, 0) is 66.1 Å². The molecule has 13 heteroatoms. The minimum atomic E-state index is -1.09. The number of benzene rings is 3. The number of aliphatic hydroxyl groups excluding tert-OH is 1. The third-order valence-corrected chi connectivity index (χ3v) is 8.72. The van der Waals surface area contributed by atoms with Gasteiger partial charge in [-0.2, -0.15) is 0 Å². The lowest BCUT2D eigenvalue weighted by Crippen LogP contribution is -2.29. The zero-order valence-electron chi connectivity index (χ0n) is 22.1. The van der Waals surface area contributed by atoms with Gasteiger partial charge in [-0.3, -0.25) is 24.6 Å². The van der Waals surface area contributed by atoms with E-state index >= 15 is 0 Å². The van der Waals surface area contributed by atoms with Crippen molar-refractivity contribution < 1.29 is 24.4 Å². The predicted molar refractivity (Wildman–Crippen MR) is 161 cm³/mol. The number of amides is 1. The van der Waals surface area contributed by atoms with Crippen molar-refractivity contribution in [1.82, 2.24) is 10.2 Å². The van der Waals surface area contributed by atoms with E-state index in [1.807, 2.05) is 19.1 Å². The maximum absolute atomic E-state index is 13.4. The third-order valence-electron chi connectivity index (χ3n) is 6.34. The first-order valence-corrected chi connectivity index (χ1v) is 14.9. The number of ketones is 1. The molecule has 1 N–H and O–H groups in total. The zero-order chi connectivity index (χ0) is 29.8. The number of halogens is 1. The number of anilines is 1. The number of hydrogen-bond acceptors (Lipinski definition) is 10. The van der Waals surface area contributed by atoms with Gasteiger partial charge in [0.15, 0.2) is 4.34 Å². The summed E-state index contributed by atoms with van der Waals surface area (Å²) in [7, 11) is 0. The molecule has 10 nitrogen and oxygen atoms in total. The molecule has 4 aromatic rings. The Morgan fingerprint density at radius 2 is 1.76 bits per heavy atom. The van der Waals surface area contributed by atoms with Crippen molar-refractivity contribution in [2.45, 2.75) is 29.5 Å². The van der Waals surface area contributed by atoms with Crippen LogP contribution in [0.4, 0.5) is 10.8 Å². The molecule has 1 amide bonds. The Labute approximate surface area is 253 Å². The van der Waals surface area contributed by atoms with Gasteiger partial charge < -0.3 is 9.84 Å². The highest BCUT2D eigenvalue weighted by Crippen LogP contribution is 2.44. The lowest BCUT2D eigenvalue weighted by molar-refractivity contribution is -0.384. The van der Waals surface area contributed by atoms with Crippen LogP contribution >= 0.6 is 34.7 Å². The first-order valence-electron chi connectivity index (χ1n) is 12.8. The third kappa shape index (κ3) is 6.15. The fraction of sp³-hybridized carbons (Fsp3) is 0.172. The van der Waals surface area contributed by atoms with Gasteiger partial charge in [-0.1, -0.05) is 53.8 Å². The molecule has 5 rings (SSSR count). The number of hydrogen-bond donors (Lipinski definition) is 1. The van der Waals surface area contributed by atoms with Gasteiger partial charge in [0.25, 0.3) is 11.5 Å². The standard InChI is InChI=1S/C29H23ClN4O6S2/c1-2-15-40-22-13-7-19(8-14-22)25(35)23-24(18-5-11-21(12-6-18)34(38)39)33(27(37)26(23)36)28-31-32-29(42-28)41-16-17-3-9-20(30)10-4-17/h3-14,24,35H,2,15-16H2,1H3/b25-23-. The largest absolute Gasteiger partial charge is 0.507 e. The second-order valence-corrected chi connectivity index (χ2v) is 11.8. The molecule has 2 heterocycles. The number of aliphatic hydroxyl groups is 1. The average Bonchev–Trinajstić information content (AvgIpc) is 3.57. The van der Waals surface area contributed by atoms with Gasteiger partial charge >= 0.3 is 5.91 Å². The summed E-state index contributed by atoms with van der Waals surface area (Å²) in [5.74, 6) is -1.02. The van der Waals surface area contributed by atoms with Crippen molar-refractivity contribution in [3.63, 3.8) is 0 Å². The van der Waals surface area contributed by atoms with E-state index in [0.717, 1.165) is 23.3 Å². The normalized spacial score (nSPS) is 16.1. The van der Waals surface area contributed by atoms with E-state index < -0.39 is 22.7 Å². The monoisotopic (exact) mass is 622 g/mol. The molecule has 0 spiro atoms. The quantitative estimate of drug-likeness (QED) is 0.0385. The van der Waals surface area contributed by atoms with Gasteiger partial charge in [-0.25, -0.2) is 0 Å². The Kier molecular flexibility index (Phi) is 8.86. The van der Waals surface area contributed by atoms with Crippen molar-refractivity contribution in [3.8, 4) is 5.75 Å². The summed E-state index contributed by atoms with van der Waals surface area (Å²) >= 11 is 8.49. The van der Waals surface area contributed by atoms with E-state index in [4.69, 9.17) is 16.3 Å². The van der Waals surface area contributed by atoms with Gasteiger partial charge in [0.2, 0.25) is 5.13 Å². The maximum atomic E-state index is 13.4. The molecule has 1 saturated heterocycles. The number of nitrogens with zero attached hydrogens (tertiary/aromatic N) is 4. The predicted octanol–water partition coefficient (Wildman–Crippen LogP) is 6.81. The first-order chi connectivity index (χ1) is 20.3. The number of aromatic nitrogens is 2.